The van der Waals surface area contributed by atoms with E-state index in [0.717, 1.165) is 19.0 Å². The van der Waals surface area contributed by atoms with Crippen molar-refractivity contribution < 1.29 is 22.7 Å². The lowest BCUT2D eigenvalue weighted by molar-refractivity contribution is 0.0661. The molecule has 1 fully saturated rings. The first kappa shape index (κ1) is 15.5. The number of carbonyl (C=O) groups is 1. The summed E-state index contributed by atoms with van der Waals surface area (Å²) in [7, 11) is -1.81. The van der Waals surface area contributed by atoms with Gasteiger partial charge in [0.05, 0.1) is 0 Å². The second-order valence-electron chi connectivity index (χ2n) is 4.61. The molecule has 112 valence electrons. The Morgan fingerprint density at radius 2 is 2.05 bits per heavy atom. The van der Waals surface area contributed by atoms with E-state index in [-0.39, 0.29) is 9.56 Å². The summed E-state index contributed by atoms with van der Waals surface area (Å²) < 4.78 is 31.2. The molecule has 20 heavy (non-hydrogen) atoms. The Bertz CT molecular complexity index is 612. The van der Waals surface area contributed by atoms with Crippen LogP contribution in [-0.2, 0) is 10.0 Å². The Kier molecular flexibility index (Phi) is 4.52. The maximum atomic E-state index is 12.5. The molecule has 1 aliphatic heterocycles. The molecule has 0 amide bonds. The van der Waals surface area contributed by atoms with Crippen molar-refractivity contribution >= 4 is 31.9 Å². The lowest BCUT2D eigenvalue weighted by Gasteiger charge is -2.19. The molecule has 0 aromatic carbocycles. The Morgan fingerprint density at radius 3 is 2.65 bits per heavy atom. The second kappa shape index (κ2) is 5.84. The number of aromatic carboxylic acids is 1. The third kappa shape index (κ3) is 3.05. The predicted molar refractivity (Wildman–Crippen MR) is 74.2 cm³/mol. The first-order valence-electron chi connectivity index (χ1n) is 6.03. The third-order valence-electron chi connectivity index (χ3n) is 3.16. The largest absolute Gasteiger partial charge is 0.475 e. The topological polar surface area (TPSA) is 91.1 Å². The summed E-state index contributed by atoms with van der Waals surface area (Å²) in [6, 6.07) is 1.04. The zero-order chi connectivity index (χ0) is 14.9. The Morgan fingerprint density at radius 1 is 1.35 bits per heavy atom. The van der Waals surface area contributed by atoms with Crippen LogP contribution in [0.4, 0.5) is 0 Å². The van der Waals surface area contributed by atoms with Crippen molar-refractivity contribution in [3.05, 3.63) is 16.5 Å². The number of likely N-dealkylation sites (N-methyl/N-ethyl adjacent to an activating group) is 1. The quantitative estimate of drug-likeness (QED) is 0.859. The molecular formula is C11H15BrN2O5S. The fourth-order valence-corrected chi connectivity index (χ4v) is 4.41. The van der Waals surface area contributed by atoms with E-state index in [1.807, 2.05) is 7.05 Å². The second-order valence-corrected chi connectivity index (χ2v) is 7.24. The summed E-state index contributed by atoms with van der Waals surface area (Å²) in [4.78, 5) is 12.8. The summed E-state index contributed by atoms with van der Waals surface area (Å²) in [5, 5.41) is 8.85. The lowest BCUT2D eigenvalue weighted by atomic mass is 10.4. The van der Waals surface area contributed by atoms with Gasteiger partial charge in [0.2, 0.25) is 15.8 Å². The van der Waals surface area contributed by atoms with Crippen LogP contribution < -0.4 is 0 Å². The van der Waals surface area contributed by atoms with Gasteiger partial charge in [0, 0.05) is 25.7 Å². The molecule has 1 saturated heterocycles. The molecule has 1 aromatic rings. The van der Waals surface area contributed by atoms with E-state index >= 15 is 0 Å². The molecule has 1 N–H and O–H groups in total. The summed E-state index contributed by atoms with van der Waals surface area (Å²) in [5.41, 5.74) is 0. The van der Waals surface area contributed by atoms with Gasteiger partial charge in [-0.05, 0) is 35.9 Å². The number of carboxylic acids is 1. The van der Waals surface area contributed by atoms with Crippen LogP contribution in [0, 0.1) is 0 Å². The van der Waals surface area contributed by atoms with E-state index in [2.05, 4.69) is 20.8 Å². The Hall–Kier alpha value is -0.900. The number of furan rings is 1. The van der Waals surface area contributed by atoms with Crippen LogP contribution in [0.15, 0.2) is 20.0 Å². The molecule has 2 rings (SSSR count). The molecule has 1 aliphatic rings. The van der Waals surface area contributed by atoms with Gasteiger partial charge in [-0.25, -0.2) is 13.2 Å². The molecule has 7 nitrogen and oxygen atoms in total. The molecule has 0 aliphatic carbocycles. The fourth-order valence-electron chi connectivity index (χ4n) is 2.04. The highest BCUT2D eigenvalue weighted by Crippen LogP contribution is 2.29. The van der Waals surface area contributed by atoms with Crippen molar-refractivity contribution in [1.82, 2.24) is 9.21 Å². The molecule has 0 radical (unpaired) electrons. The SMILES string of the molecule is CN1CCCN(S(=O)(=O)c2cc(C(=O)O)oc2Br)CC1. The standard InChI is InChI=1S/C11H15BrN2O5S/c1-13-3-2-4-14(6-5-13)20(17,18)9-7-8(11(15)16)19-10(9)12/h7H,2-6H2,1H3,(H,15,16). The minimum atomic E-state index is -3.75. The van der Waals surface area contributed by atoms with Crippen molar-refractivity contribution in [2.45, 2.75) is 11.3 Å². The number of carboxylic acid groups (broad SMARTS) is 1. The first-order chi connectivity index (χ1) is 9.32. The van der Waals surface area contributed by atoms with Crippen molar-refractivity contribution in [2.24, 2.45) is 0 Å². The number of halogens is 1. The van der Waals surface area contributed by atoms with Gasteiger partial charge >= 0.3 is 5.97 Å². The highest BCUT2D eigenvalue weighted by molar-refractivity contribution is 9.10. The maximum absolute atomic E-state index is 12.5. The molecular weight excluding hydrogens is 352 g/mol. The minimum absolute atomic E-state index is 0.0764. The molecule has 0 spiro atoms. The van der Waals surface area contributed by atoms with Gasteiger partial charge in [-0.1, -0.05) is 0 Å². The van der Waals surface area contributed by atoms with E-state index < -0.39 is 21.8 Å². The van der Waals surface area contributed by atoms with Gasteiger partial charge < -0.3 is 14.4 Å². The molecule has 0 unspecified atom stereocenters. The number of nitrogens with zero attached hydrogens (tertiary/aromatic N) is 2. The third-order valence-corrected chi connectivity index (χ3v) is 5.92. The van der Waals surface area contributed by atoms with Gasteiger partial charge in [-0.3, -0.25) is 0 Å². The highest BCUT2D eigenvalue weighted by Gasteiger charge is 2.31. The summed E-state index contributed by atoms with van der Waals surface area (Å²) in [6.45, 7) is 2.25. The van der Waals surface area contributed by atoms with E-state index in [0.29, 0.717) is 19.6 Å². The van der Waals surface area contributed by atoms with Crippen molar-refractivity contribution in [3.8, 4) is 0 Å². The predicted octanol–water partition coefficient (Wildman–Crippen LogP) is 1.07. The van der Waals surface area contributed by atoms with Crippen LogP contribution in [0.2, 0.25) is 0 Å². The highest BCUT2D eigenvalue weighted by atomic mass is 79.9. The average Bonchev–Trinajstić information content (AvgIpc) is 2.62. The Balaban J connectivity index is 2.32. The zero-order valence-corrected chi connectivity index (χ0v) is 13.3. The van der Waals surface area contributed by atoms with Crippen molar-refractivity contribution in [1.29, 1.82) is 0 Å². The molecule has 0 saturated carbocycles. The van der Waals surface area contributed by atoms with Gasteiger partial charge in [0.25, 0.3) is 0 Å². The average molecular weight is 367 g/mol. The van der Waals surface area contributed by atoms with Crippen molar-refractivity contribution in [2.75, 3.05) is 33.2 Å². The zero-order valence-electron chi connectivity index (χ0n) is 10.9. The lowest BCUT2D eigenvalue weighted by Crippen LogP contribution is -2.34. The molecule has 0 atom stereocenters. The molecule has 0 bridgehead atoms. The van der Waals surface area contributed by atoms with Crippen LogP contribution in [-0.4, -0.2) is 61.9 Å². The van der Waals surface area contributed by atoms with Crippen LogP contribution >= 0.6 is 15.9 Å². The van der Waals surface area contributed by atoms with E-state index in [9.17, 15) is 13.2 Å². The van der Waals surface area contributed by atoms with E-state index in [1.54, 1.807) is 0 Å². The number of rotatable bonds is 3. The first-order valence-corrected chi connectivity index (χ1v) is 8.27. The number of hydrogen-bond acceptors (Lipinski definition) is 5. The van der Waals surface area contributed by atoms with Crippen LogP contribution in [0.5, 0.6) is 0 Å². The maximum Gasteiger partial charge on any atom is 0.371 e. The van der Waals surface area contributed by atoms with E-state index in [4.69, 9.17) is 9.52 Å². The van der Waals surface area contributed by atoms with Crippen LogP contribution in [0.3, 0.4) is 0 Å². The van der Waals surface area contributed by atoms with Crippen LogP contribution in [0.1, 0.15) is 17.0 Å². The Labute approximate surface area is 125 Å². The molecule has 9 heteroatoms. The van der Waals surface area contributed by atoms with Gasteiger partial charge in [0.15, 0.2) is 4.67 Å². The number of hydrogen-bond donors (Lipinski definition) is 1. The summed E-state index contributed by atoms with van der Waals surface area (Å²) in [5.74, 6) is -1.70. The normalized spacial score (nSPS) is 18.9. The summed E-state index contributed by atoms with van der Waals surface area (Å²) >= 11 is 2.97. The van der Waals surface area contributed by atoms with Crippen molar-refractivity contribution in [3.63, 3.8) is 0 Å². The van der Waals surface area contributed by atoms with Crippen LogP contribution in [0.25, 0.3) is 0 Å². The monoisotopic (exact) mass is 366 g/mol. The number of sulfonamides is 1. The van der Waals surface area contributed by atoms with Gasteiger partial charge in [-0.2, -0.15) is 4.31 Å². The van der Waals surface area contributed by atoms with Gasteiger partial charge in [-0.15, -0.1) is 0 Å². The molecule has 1 aromatic heterocycles. The summed E-state index contributed by atoms with van der Waals surface area (Å²) in [6.07, 6.45) is 0.733. The molecule has 2 heterocycles. The smallest absolute Gasteiger partial charge is 0.371 e. The minimum Gasteiger partial charge on any atom is -0.475 e. The van der Waals surface area contributed by atoms with Gasteiger partial charge in [0.1, 0.15) is 4.90 Å². The fraction of sp³-hybridized carbons (Fsp3) is 0.545. The van der Waals surface area contributed by atoms with E-state index in [1.165, 1.54) is 4.31 Å².